The van der Waals surface area contributed by atoms with Gasteiger partial charge in [0.1, 0.15) is 0 Å². The van der Waals surface area contributed by atoms with Gasteiger partial charge in [0, 0.05) is 25.6 Å². The van der Waals surface area contributed by atoms with Gasteiger partial charge < -0.3 is 15.0 Å². The van der Waals surface area contributed by atoms with Crippen LogP contribution in [0.4, 0.5) is 9.93 Å². The van der Waals surface area contributed by atoms with E-state index >= 15 is 0 Å². The molecule has 0 unspecified atom stereocenters. The first-order chi connectivity index (χ1) is 10.2. The molecular formula is C14H24N4O2S. The Morgan fingerprint density at radius 2 is 2.29 bits per heavy atom. The van der Waals surface area contributed by atoms with Crippen LogP contribution in [0.2, 0.25) is 0 Å². The van der Waals surface area contributed by atoms with E-state index in [4.69, 9.17) is 4.74 Å². The largest absolute Gasteiger partial charge is 0.378 e. The first-order valence-corrected chi connectivity index (χ1v) is 8.26. The molecule has 1 aromatic heterocycles. The van der Waals surface area contributed by atoms with Gasteiger partial charge in [-0.05, 0) is 31.8 Å². The van der Waals surface area contributed by atoms with Crippen LogP contribution in [-0.2, 0) is 11.3 Å². The number of likely N-dealkylation sites (tertiary alicyclic amines) is 1. The number of piperidine rings is 1. The normalized spacial score (nSPS) is 16.9. The van der Waals surface area contributed by atoms with Crippen LogP contribution in [0.15, 0.2) is 5.38 Å². The number of hydrogen-bond donors (Lipinski definition) is 2. The zero-order chi connectivity index (χ0) is 15.1. The molecule has 7 heteroatoms. The highest BCUT2D eigenvalue weighted by Crippen LogP contribution is 2.16. The molecular weight excluding hydrogens is 288 g/mol. The van der Waals surface area contributed by atoms with Crippen molar-refractivity contribution >= 4 is 22.5 Å². The predicted octanol–water partition coefficient (Wildman–Crippen LogP) is 2.14. The molecule has 118 valence electrons. The van der Waals surface area contributed by atoms with Gasteiger partial charge in [0.15, 0.2) is 5.13 Å². The third-order valence-electron chi connectivity index (χ3n) is 3.65. The van der Waals surface area contributed by atoms with Gasteiger partial charge >= 0.3 is 6.03 Å². The fourth-order valence-electron chi connectivity index (χ4n) is 2.33. The Hall–Kier alpha value is -1.18. The van der Waals surface area contributed by atoms with Gasteiger partial charge in [0.05, 0.1) is 12.3 Å². The maximum atomic E-state index is 11.8. The summed E-state index contributed by atoms with van der Waals surface area (Å²) in [6, 6.07) is -0.196. The quantitative estimate of drug-likeness (QED) is 0.844. The zero-order valence-electron chi connectivity index (χ0n) is 12.7. The molecule has 0 atom stereocenters. The molecule has 1 fully saturated rings. The van der Waals surface area contributed by atoms with E-state index < -0.39 is 0 Å². The number of anilines is 1. The standard InChI is InChI=1S/C14H24N4O2S/c1-11-3-6-18(7-4-11)8-5-15-13(19)17-14-16-12(9-20-2)10-21-14/h10-11H,3-9H2,1-2H3,(H2,15,16,17,19). The minimum absolute atomic E-state index is 0.196. The van der Waals surface area contributed by atoms with E-state index in [0.717, 1.165) is 31.2 Å². The first kappa shape index (κ1) is 16.2. The van der Waals surface area contributed by atoms with E-state index in [2.05, 4.69) is 27.4 Å². The SMILES string of the molecule is COCc1csc(NC(=O)NCCN2CCC(C)CC2)n1. The maximum Gasteiger partial charge on any atom is 0.321 e. The molecule has 0 radical (unpaired) electrons. The summed E-state index contributed by atoms with van der Waals surface area (Å²) in [7, 11) is 1.63. The predicted molar refractivity (Wildman–Crippen MR) is 84.7 cm³/mol. The molecule has 0 spiro atoms. The van der Waals surface area contributed by atoms with Gasteiger partial charge in [-0.25, -0.2) is 9.78 Å². The lowest BCUT2D eigenvalue weighted by molar-refractivity contribution is 0.182. The molecule has 1 aliphatic heterocycles. The van der Waals surface area contributed by atoms with Gasteiger partial charge in [-0.2, -0.15) is 0 Å². The third-order valence-corrected chi connectivity index (χ3v) is 4.46. The van der Waals surface area contributed by atoms with Crippen molar-refractivity contribution in [3.8, 4) is 0 Å². The second-order valence-electron chi connectivity index (χ2n) is 5.48. The summed E-state index contributed by atoms with van der Waals surface area (Å²) in [4.78, 5) is 18.4. The molecule has 0 bridgehead atoms. The minimum Gasteiger partial charge on any atom is -0.378 e. The number of aromatic nitrogens is 1. The maximum absolute atomic E-state index is 11.8. The first-order valence-electron chi connectivity index (χ1n) is 7.38. The highest BCUT2D eigenvalue weighted by molar-refractivity contribution is 7.13. The van der Waals surface area contributed by atoms with E-state index in [-0.39, 0.29) is 6.03 Å². The molecule has 2 heterocycles. The van der Waals surface area contributed by atoms with Gasteiger partial charge in [0.2, 0.25) is 0 Å². The minimum atomic E-state index is -0.196. The van der Waals surface area contributed by atoms with Crippen LogP contribution in [-0.4, -0.2) is 49.2 Å². The Morgan fingerprint density at radius 3 is 3.00 bits per heavy atom. The van der Waals surface area contributed by atoms with E-state index in [0.29, 0.717) is 18.3 Å². The fraction of sp³-hybridized carbons (Fsp3) is 0.714. The van der Waals surface area contributed by atoms with Crippen LogP contribution in [0.5, 0.6) is 0 Å². The third kappa shape index (κ3) is 5.61. The summed E-state index contributed by atoms with van der Waals surface area (Å²) in [5.41, 5.74) is 0.834. The molecule has 1 aromatic rings. The van der Waals surface area contributed by atoms with Gasteiger partial charge in [-0.15, -0.1) is 11.3 Å². The number of urea groups is 1. The van der Waals surface area contributed by atoms with Crippen molar-refractivity contribution in [3.05, 3.63) is 11.1 Å². The average Bonchev–Trinajstić information content (AvgIpc) is 2.89. The summed E-state index contributed by atoms with van der Waals surface area (Å²) < 4.78 is 5.00. The van der Waals surface area contributed by atoms with Crippen LogP contribution >= 0.6 is 11.3 Å². The lowest BCUT2D eigenvalue weighted by atomic mass is 9.99. The van der Waals surface area contributed by atoms with E-state index in [1.807, 2.05) is 5.38 Å². The Balaban J connectivity index is 1.62. The van der Waals surface area contributed by atoms with Crippen molar-refractivity contribution in [2.24, 2.45) is 5.92 Å². The molecule has 21 heavy (non-hydrogen) atoms. The lowest BCUT2D eigenvalue weighted by Crippen LogP contribution is -2.40. The van der Waals surface area contributed by atoms with Crippen LogP contribution in [0.25, 0.3) is 0 Å². The number of thiazole rings is 1. The molecule has 2 amide bonds. The summed E-state index contributed by atoms with van der Waals surface area (Å²) >= 11 is 1.41. The zero-order valence-corrected chi connectivity index (χ0v) is 13.5. The fourth-order valence-corrected chi connectivity index (χ4v) is 3.02. The van der Waals surface area contributed by atoms with Crippen LogP contribution in [0.1, 0.15) is 25.5 Å². The highest BCUT2D eigenvalue weighted by atomic mass is 32.1. The second-order valence-corrected chi connectivity index (χ2v) is 6.34. The number of carbonyl (C=O) groups excluding carboxylic acids is 1. The summed E-state index contributed by atoms with van der Waals surface area (Å²) in [6.45, 7) is 6.61. The molecule has 6 nitrogen and oxygen atoms in total. The number of nitrogens with one attached hydrogen (secondary N) is 2. The van der Waals surface area contributed by atoms with Crippen molar-refractivity contribution in [2.75, 3.05) is 38.6 Å². The van der Waals surface area contributed by atoms with E-state index in [1.165, 1.54) is 24.2 Å². The van der Waals surface area contributed by atoms with E-state index in [1.54, 1.807) is 7.11 Å². The molecule has 2 rings (SSSR count). The van der Waals surface area contributed by atoms with Crippen molar-refractivity contribution < 1.29 is 9.53 Å². The average molecular weight is 312 g/mol. The molecule has 0 aromatic carbocycles. The monoisotopic (exact) mass is 312 g/mol. The number of hydrogen-bond acceptors (Lipinski definition) is 5. The smallest absolute Gasteiger partial charge is 0.321 e. The summed E-state index contributed by atoms with van der Waals surface area (Å²) in [6.07, 6.45) is 2.52. The van der Waals surface area contributed by atoms with Crippen molar-refractivity contribution in [2.45, 2.75) is 26.4 Å². The molecule has 1 saturated heterocycles. The second kappa shape index (κ2) is 8.31. The van der Waals surface area contributed by atoms with Crippen molar-refractivity contribution in [3.63, 3.8) is 0 Å². The highest BCUT2D eigenvalue weighted by Gasteiger charge is 2.15. The Morgan fingerprint density at radius 1 is 1.52 bits per heavy atom. The molecule has 1 aliphatic rings. The topological polar surface area (TPSA) is 66.5 Å². The van der Waals surface area contributed by atoms with Gasteiger partial charge in [-0.1, -0.05) is 6.92 Å². The van der Waals surface area contributed by atoms with E-state index in [9.17, 15) is 4.79 Å². The van der Waals surface area contributed by atoms with Gasteiger partial charge in [-0.3, -0.25) is 5.32 Å². The van der Waals surface area contributed by atoms with Crippen LogP contribution < -0.4 is 10.6 Å². The molecule has 0 aliphatic carbocycles. The number of nitrogens with zero attached hydrogens (tertiary/aromatic N) is 2. The molecule has 0 saturated carbocycles. The Bertz CT molecular complexity index is 444. The number of ether oxygens (including phenoxy) is 1. The Kier molecular flexibility index (Phi) is 6.41. The van der Waals surface area contributed by atoms with Crippen LogP contribution in [0.3, 0.4) is 0 Å². The summed E-state index contributed by atoms with van der Waals surface area (Å²) in [5.74, 6) is 0.837. The summed E-state index contributed by atoms with van der Waals surface area (Å²) in [5, 5.41) is 8.11. The number of carbonyl (C=O) groups is 1. The Labute approximate surface area is 129 Å². The van der Waals surface area contributed by atoms with Gasteiger partial charge in [0.25, 0.3) is 0 Å². The number of amides is 2. The van der Waals surface area contributed by atoms with Crippen LogP contribution in [0, 0.1) is 5.92 Å². The van der Waals surface area contributed by atoms with Crippen molar-refractivity contribution in [1.29, 1.82) is 0 Å². The lowest BCUT2D eigenvalue weighted by Gasteiger charge is -2.30. The number of rotatable bonds is 6. The van der Waals surface area contributed by atoms with Crippen molar-refractivity contribution in [1.82, 2.24) is 15.2 Å². The number of methoxy groups -OCH3 is 1. The molecule has 2 N–H and O–H groups in total.